The lowest BCUT2D eigenvalue weighted by molar-refractivity contribution is 0.0600. The summed E-state index contributed by atoms with van der Waals surface area (Å²) in [6.07, 6.45) is 2.29. The molecule has 0 aliphatic heterocycles. The van der Waals surface area contributed by atoms with Crippen LogP contribution in [-0.2, 0) is 4.74 Å². The van der Waals surface area contributed by atoms with Gasteiger partial charge in [-0.1, -0.05) is 6.07 Å². The minimum absolute atomic E-state index is 0.395. The first kappa shape index (κ1) is 9.72. The van der Waals surface area contributed by atoms with Crippen LogP contribution in [0.4, 0.5) is 0 Å². The molecule has 1 aliphatic rings. The molecule has 1 fully saturated rings. The topological polar surface area (TPSA) is 50.1 Å². The van der Waals surface area contributed by atoms with Crippen molar-refractivity contribution in [1.29, 1.82) is 5.26 Å². The predicted molar refractivity (Wildman–Crippen MR) is 54.5 cm³/mol. The third kappa shape index (κ3) is 1.84. The van der Waals surface area contributed by atoms with Crippen LogP contribution >= 0.6 is 0 Å². The summed E-state index contributed by atoms with van der Waals surface area (Å²) in [6.45, 7) is 0. The van der Waals surface area contributed by atoms with Crippen LogP contribution in [0, 0.1) is 11.3 Å². The number of nitrogens with zero attached hydrogens (tertiary/aromatic N) is 1. The number of carbonyl (C=O) groups excluding carboxylic acids is 1. The fourth-order valence-electron chi connectivity index (χ4n) is 1.65. The van der Waals surface area contributed by atoms with Gasteiger partial charge in [-0.15, -0.1) is 0 Å². The SMILES string of the molecule is COC(=O)c1ccc(C2CC2)c(C#N)c1. The van der Waals surface area contributed by atoms with Gasteiger partial charge >= 0.3 is 5.97 Å². The molecule has 0 heterocycles. The van der Waals surface area contributed by atoms with Gasteiger partial charge in [0.15, 0.2) is 0 Å². The molecule has 0 N–H and O–H groups in total. The van der Waals surface area contributed by atoms with Crippen molar-refractivity contribution in [3.05, 3.63) is 34.9 Å². The Bertz CT molecular complexity index is 441. The largest absolute Gasteiger partial charge is 0.465 e. The number of hydrogen-bond donors (Lipinski definition) is 0. The van der Waals surface area contributed by atoms with E-state index in [1.807, 2.05) is 6.07 Å². The van der Waals surface area contributed by atoms with E-state index >= 15 is 0 Å². The second-order valence-electron chi connectivity index (χ2n) is 3.68. The molecule has 1 aromatic carbocycles. The number of benzene rings is 1. The summed E-state index contributed by atoms with van der Waals surface area (Å²) in [5, 5.41) is 8.97. The number of ether oxygens (including phenoxy) is 1. The molecule has 3 nitrogen and oxygen atoms in total. The summed E-state index contributed by atoms with van der Waals surface area (Å²) in [5.74, 6) is 0.125. The minimum atomic E-state index is -0.395. The number of carbonyl (C=O) groups is 1. The molecule has 0 unspecified atom stereocenters. The Kier molecular flexibility index (Phi) is 2.42. The maximum atomic E-state index is 11.2. The van der Waals surface area contributed by atoms with Gasteiger partial charge in [0.2, 0.25) is 0 Å². The first-order chi connectivity index (χ1) is 7.26. The van der Waals surface area contributed by atoms with Gasteiger partial charge in [-0.05, 0) is 36.5 Å². The van der Waals surface area contributed by atoms with Crippen molar-refractivity contribution in [3.63, 3.8) is 0 Å². The molecule has 3 heteroatoms. The molecule has 76 valence electrons. The highest BCUT2D eigenvalue weighted by atomic mass is 16.5. The molecule has 0 spiro atoms. The van der Waals surface area contributed by atoms with Crippen LogP contribution < -0.4 is 0 Å². The molecule has 1 saturated carbocycles. The molecule has 1 aromatic rings. The fraction of sp³-hybridized carbons (Fsp3) is 0.333. The minimum Gasteiger partial charge on any atom is -0.465 e. The van der Waals surface area contributed by atoms with Gasteiger partial charge in [0, 0.05) is 0 Å². The number of rotatable bonds is 2. The Morgan fingerprint density at radius 3 is 2.80 bits per heavy atom. The lowest BCUT2D eigenvalue weighted by atomic mass is 10.0. The Labute approximate surface area is 88.3 Å². The standard InChI is InChI=1S/C12H11NO2/c1-15-12(14)9-4-5-11(8-2-3-8)10(6-9)7-13/h4-6,8H,2-3H2,1H3. The Hall–Kier alpha value is -1.82. The van der Waals surface area contributed by atoms with Crippen molar-refractivity contribution >= 4 is 5.97 Å². The van der Waals surface area contributed by atoms with Gasteiger partial charge in [-0.25, -0.2) is 4.79 Å². The summed E-state index contributed by atoms with van der Waals surface area (Å²) in [4.78, 5) is 11.2. The first-order valence-electron chi connectivity index (χ1n) is 4.88. The smallest absolute Gasteiger partial charge is 0.337 e. The predicted octanol–water partition coefficient (Wildman–Crippen LogP) is 2.22. The second-order valence-corrected chi connectivity index (χ2v) is 3.68. The quantitative estimate of drug-likeness (QED) is 0.689. The van der Waals surface area contributed by atoms with Crippen LogP contribution in [0.2, 0.25) is 0 Å². The zero-order valence-electron chi connectivity index (χ0n) is 8.49. The summed E-state index contributed by atoms with van der Waals surface area (Å²) >= 11 is 0. The summed E-state index contributed by atoms with van der Waals surface area (Å²) in [5.41, 5.74) is 2.10. The highest BCUT2D eigenvalue weighted by Gasteiger charge is 2.26. The van der Waals surface area contributed by atoms with Crippen molar-refractivity contribution < 1.29 is 9.53 Å². The number of esters is 1. The van der Waals surface area contributed by atoms with Crippen molar-refractivity contribution in [1.82, 2.24) is 0 Å². The van der Waals surface area contributed by atoms with Crippen LogP contribution in [0.15, 0.2) is 18.2 Å². The molecule has 2 rings (SSSR count). The molecule has 0 aromatic heterocycles. The number of hydrogen-bond acceptors (Lipinski definition) is 3. The molecule has 1 aliphatic carbocycles. The van der Waals surface area contributed by atoms with E-state index in [1.54, 1.807) is 12.1 Å². The van der Waals surface area contributed by atoms with Crippen molar-refractivity contribution in [3.8, 4) is 6.07 Å². The van der Waals surface area contributed by atoms with Gasteiger partial charge in [0.25, 0.3) is 0 Å². The van der Waals surface area contributed by atoms with Crippen molar-refractivity contribution in [2.75, 3.05) is 7.11 Å². The normalized spacial score (nSPS) is 14.4. The van der Waals surface area contributed by atoms with E-state index in [-0.39, 0.29) is 0 Å². The van der Waals surface area contributed by atoms with Crippen LogP contribution in [0.5, 0.6) is 0 Å². The molecule has 0 atom stereocenters. The highest BCUT2D eigenvalue weighted by molar-refractivity contribution is 5.89. The number of methoxy groups -OCH3 is 1. The average molecular weight is 201 g/mol. The van der Waals surface area contributed by atoms with E-state index in [0.29, 0.717) is 17.0 Å². The van der Waals surface area contributed by atoms with Gasteiger partial charge in [-0.3, -0.25) is 0 Å². The Morgan fingerprint density at radius 2 is 2.27 bits per heavy atom. The highest BCUT2D eigenvalue weighted by Crippen LogP contribution is 2.41. The zero-order chi connectivity index (χ0) is 10.8. The van der Waals surface area contributed by atoms with Gasteiger partial charge in [0.05, 0.1) is 24.3 Å². The lowest BCUT2D eigenvalue weighted by Crippen LogP contribution is -2.02. The van der Waals surface area contributed by atoms with E-state index in [1.165, 1.54) is 7.11 Å². The van der Waals surface area contributed by atoms with Crippen LogP contribution in [-0.4, -0.2) is 13.1 Å². The zero-order valence-corrected chi connectivity index (χ0v) is 8.49. The summed E-state index contributed by atoms with van der Waals surface area (Å²) < 4.78 is 4.60. The molecule has 0 bridgehead atoms. The van der Waals surface area contributed by atoms with Crippen LogP contribution in [0.1, 0.15) is 40.2 Å². The molecule has 0 amide bonds. The van der Waals surface area contributed by atoms with Crippen LogP contribution in [0.25, 0.3) is 0 Å². The molecular formula is C12H11NO2. The number of nitriles is 1. The maximum Gasteiger partial charge on any atom is 0.337 e. The first-order valence-corrected chi connectivity index (χ1v) is 4.88. The maximum absolute atomic E-state index is 11.2. The third-order valence-corrected chi connectivity index (χ3v) is 2.61. The average Bonchev–Trinajstić information content (AvgIpc) is 3.11. The third-order valence-electron chi connectivity index (χ3n) is 2.61. The summed E-state index contributed by atoms with van der Waals surface area (Å²) in [6, 6.07) is 7.33. The van der Waals surface area contributed by atoms with Crippen LogP contribution in [0.3, 0.4) is 0 Å². The van der Waals surface area contributed by atoms with E-state index in [4.69, 9.17) is 5.26 Å². The lowest BCUT2D eigenvalue weighted by Gasteiger charge is -2.04. The second kappa shape index (κ2) is 3.74. The van der Waals surface area contributed by atoms with Gasteiger partial charge in [-0.2, -0.15) is 5.26 Å². The molecular weight excluding hydrogens is 190 g/mol. The van der Waals surface area contributed by atoms with Gasteiger partial charge in [0.1, 0.15) is 0 Å². The summed E-state index contributed by atoms with van der Waals surface area (Å²) in [7, 11) is 1.34. The molecule has 0 saturated heterocycles. The molecule has 15 heavy (non-hydrogen) atoms. The molecule has 0 radical (unpaired) electrons. The van der Waals surface area contributed by atoms with E-state index in [0.717, 1.165) is 18.4 Å². The van der Waals surface area contributed by atoms with E-state index in [9.17, 15) is 4.79 Å². The van der Waals surface area contributed by atoms with E-state index < -0.39 is 5.97 Å². The Balaban J connectivity index is 2.39. The Morgan fingerprint density at radius 1 is 1.53 bits per heavy atom. The monoisotopic (exact) mass is 201 g/mol. The van der Waals surface area contributed by atoms with Crippen molar-refractivity contribution in [2.24, 2.45) is 0 Å². The van der Waals surface area contributed by atoms with Crippen molar-refractivity contribution in [2.45, 2.75) is 18.8 Å². The fourth-order valence-corrected chi connectivity index (χ4v) is 1.65. The van der Waals surface area contributed by atoms with E-state index in [2.05, 4.69) is 10.8 Å². The van der Waals surface area contributed by atoms with Gasteiger partial charge < -0.3 is 4.74 Å².